The van der Waals surface area contributed by atoms with Gasteiger partial charge in [-0.2, -0.15) is 0 Å². The molecule has 0 radical (unpaired) electrons. The van der Waals surface area contributed by atoms with Gasteiger partial charge in [-0.1, -0.05) is 12.1 Å². The molecule has 1 fully saturated rings. The largest absolute Gasteiger partial charge is 0.468 e. The van der Waals surface area contributed by atoms with Gasteiger partial charge in [0.05, 0.1) is 32.5 Å². The predicted molar refractivity (Wildman–Crippen MR) is 124 cm³/mol. The number of hydrogen-bond donors (Lipinski definition) is 0. The average molecular weight is 520 g/mol. The first-order chi connectivity index (χ1) is 17.5. The number of alkyl halides is 2. The Bertz CT molecular complexity index is 1250. The molecule has 0 aliphatic carbocycles. The Morgan fingerprint density at radius 3 is 2.32 bits per heavy atom. The number of pyridine rings is 1. The summed E-state index contributed by atoms with van der Waals surface area (Å²) in [6.45, 7) is -1.02. The molecule has 1 aromatic heterocycles. The number of hydrogen-bond acceptors (Lipinski definition) is 8. The highest BCUT2D eigenvalue weighted by molar-refractivity contribution is 6.02. The summed E-state index contributed by atoms with van der Waals surface area (Å²) < 4.78 is 65.8. The van der Waals surface area contributed by atoms with Crippen molar-refractivity contribution in [2.24, 2.45) is 4.99 Å². The van der Waals surface area contributed by atoms with Crippen LogP contribution in [0.2, 0.25) is 0 Å². The first kappa shape index (κ1) is 26.3. The van der Waals surface area contributed by atoms with Crippen molar-refractivity contribution in [1.82, 2.24) is 14.8 Å². The van der Waals surface area contributed by atoms with Gasteiger partial charge in [0.1, 0.15) is 29.4 Å². The van der Waals surface area contributed by atoms with Crippen LogP contribution in [-0.4, -0.2) is 78.9 Å². The number of aromatic nitrogens is 1. The number of ether oxygens (including phenoxy) is 2. The van der Waals surface area contributed by atoms with Crippen LogP contribution < -0.4 is 0 Å². The van der Waals surface area contributed by atoms with E-state index in [0.29, 0.717) is 5.56 Å². The summed E-state index contributed by atoms with van der Waals surface area (Å²) in [6.07, 6.45) is 0.248. The smallest absolute Gasteiger partial charge is 0.338 e. The first-order valence-corrected chi connectivity index (χ1v) is 11.2. The van der Waals surface area contributed by atoms with Gasteiger partial charge >= 0.3 is 11.9 Å². The van der Waals surface area contributed by atoms with E-state index in [9.17, 15) is 27.2 Å². The summed E-state index contributed by atoms with van der Waals surface area (Å²) in [7, 11) is 3.82. The first-order valence-electron chi connectivity index (χ1n) is 11.2. The molecule has 2 aliphatic rings. The predicted octanol–water partition coefficient (Wildman–Crippen LogP) is 3.10. The molecule has 0 saturated carbocycles. The number of aliphatic imine (C=N–C) groups is 1. The van der Waals surface area contributed by atoms with Crippen molar-refractivity contribution in [3.63, 3.8) is 0 Å². The van der Waals surface area contributed by atoms with E-state index in [1.165, 1.54) is 46.2 Å². The van der Waals surface area contributed by atoms with Gasteiger partial charge in [0.25, 0.3) is 5.92 Å². The minimum Gasteiger partial charge on any atom is -0.468 e. The molecule has 37 heavy (non-hydrogen) atoms. The van der Waals surface area contributed by atoms with E-state index in [1.54, 1.807) is 7.05 Å². The van der Waals surface area contributed by atoms with Crippen LogP contribution in [0, 0.1) is 11.6 Å². The van der Waals surface area contributed by atoms with Crippen LogP contribution >= 0.6 is 0 Å². The summed E-state index contributed by atoms with van der Waals surface area (Å²) in [5.74, 6) is -5.66. The van der Waals surface area contributed by atoms with Gasteiger partial charge < -0.3 is 14.4 Å². The number of nitrogens with zero attached hydrogens (tertiary/aromatic N) is 4. The third-order valence-corrected chi connectivity index (χ3v) is 6.30. The second-order valence-electron chi connectivity index (χ2n) is 8.68. The summed E-state index contributed by atoms with van der Waals surface area (Å²) in [5.41, 5.74) is 0.891. The van der Waals surface area contributed by atoms with Crippen molar-refractivity contribution in [3.8, 4) is 0 Å². The highest BCUT2D eigenvalue weighted by Gasteiger charge is 2.49. The second-order valence-corrected chi connectivity index (χ2v) is 8.68. The van der Waals surface area contributed by atoms with Crippen LogP contribution in [0.4, 0.5) is 17.6 Å². The maximum atomic E-state index is 14.4. The molecule has 2 atom stereocenters. The Balaban J connectivity index is 1.87. The zero-order valence-corrected chi connectivity index (χ0v) is 20.3. The fourth-order valence-corrected chi connectivity index (χ4v) is 4.51. The lowest BCUT2D eigenvalue weighted by atomic mass is 9.94. The quantitative estimate of drug-likeness (QED) is 0.428. The number of carbonyl (C=O) groups is 2. The molecule has 0 amide bonds. The summed E-state index contributed by atoms with van der Waals surface area (Å²) in [5, 5.41) is 0. The molecule has 1 aromatic carbocycles. The van der Waals surface area contributed by atoms with Crippen molar-refractivity contribution >= 4 is 17.8 Å². The zero-order chi connectivity index (χ0) is 26.9. The minimum absolute atomic E-state index is 0.0151. The second kappa shape index (κ2) is 10.3. The van der Waals surface area contributed by atoms with E-state index in [1.807, 2.05) is 0 Å². The number of rotatable bonds is 6. The molecule has 0 bridgehead atoms. The van der Waals surface area contributed by atoms with Crippen LogP contribution in [0.5, 0.6) is 0 Å². The van der Waals surface area contributed by atoms with E-state index in [-0.39, 0.29) is 29.3 Å². The lowest BCUT2D eigenvalue weighted by Gasteiger charge is -2.36. The van der Waals surface area contributed by atoms with Gasteiger partial charge in [0.15, 0.2) is 5.84 Å². The molecule has 3 heterocycles. The zero-order valence-electron chi connectivity index (χ0n) is 20.3. The molecule has 12 heteroatoms. The number of amidine groups is 1. The Labute approximate surface area is 210 Å². The van der Waals surface area contributed by atoms with E-state index < -0.39 is 54.5 Å². The molecular weight excluding hydrogens is 496 g/mol. The van der Waals surface area contributed by atoms with Gasteiger partial charge in [-0.25, -0.2) is 27.3 Å². The van der Waals surface area contributed by atoms with E-state index >= 15 is 0 Å². The number of likely N-dealkylation sites (tertiary alicyclic amines) is 1. The average Bonchev–Trinajstić information content (AvgIpc) is 3.19. The van der Waals surface area contributed by atoms with E-state index in [4.69, 9.17) is 9.47 Å². The number of esters is 2. The van der Waals surface area contributed by atoms with Crippen molar-refractivity contribution in [2.45, 2.75) is 24.4 Å². The Hall–Kier alpha value is -3.80. The number of likely N-dealkylation sites (N-methyl/N-ethyl adjacent to an activating group) is 1. The van der Waals surface area contributed by atoms with Gasteiger partial charge in [-0.15, -0.1) is 0 Å². The molecular formula is C25H24F4N4O4. The Morgan fingerprint density at radius 2 is 1.73 bits per heavy atom. The summed E-state index contributed by atoms with van der Waals surface area (Å²) >= 11 is 0. The van der Waals surface area contributed by atoms with Gasteiger partial charge in [0, 0.05) is 25.7 Å². The van der Waals surface area contributed by atoms with Crippen LogP contribution in [-0.2, 0) is 19.1 Å². The highest BCUT2D eigenvalue weighted by atomic mass is 19.3. The fourth-order valence-electron chi connectivity index (χ4n) is 4.51. The number of carbonyl (C=O) groups excluding carboxylic acids is 2. The lowest BCUT2D eigenvalue weighted by Crippen LogP contribution is -2.44. The highest BCUT2D eigenvalue weighted by Crippen LogP contribution is 2.38. The minimum atomic E-state index is -3.16. The van der Waals surface area contributed by atoms with Crippen LogP contribution in [0.15, 0.2) is 58.9 Å². The third-order valence-electron chi connectivity index (χ3n) is 6.30. The van der Waals surface area contributed by atoms with Gasteiger partial charge in [-0.05, 0) is 29.8 Å². The number of methoxy groups -OCH3 is 2. The SMILES string of the molecule is COC(=O)C1=C(CN2CC(F)(F)CC2C(=O)OC)N(C)C(c2ccc(F)cn2)=NC1c1ccc(F)cc1. The third kappa shape index (κ3) is 5.33. The van der Waals surface area contributed by atoms with Crippen LogP contribution in [0.1, 0.15) is 23.7 Å². The molecule has 4 rings (SSSR count). The Morgan fingerprint density at radius 1 is 1.05 bits per heavy atom. The number of benzene rings is 1. The molecule has 2 aliphatic heterocycles. The summed E-state index contributed by atoms with van der Waals surface area (Å²) in [4.78, 5) is 36.8. The van der Waals surface area contributed by atoms with E-state index in [0.717, 1.165) is 20.4 Å². The van der Waals surface area contributed by atoms with Crippen molar-refractivity contribution in [3.05, 3.63) is 76.8 Å². The molecule has 8 nitrogen and oxygen atoms in total. The van der Waals surface area contributed by atoms with Crippen molar-refractivity contribution in [2.75, 3.05) is 34.4 Å². The van der Waals surface area contributed by atoms with Gasteiger partial charge in [-0.3, -0.25) is 14.7 Å². The van der Waals surface area contributed by atoms with Crippen molar-refractivity contribution in [1.29, 1.82) is 0 Å². The summed E-state index contributed by atoms with van der Waals surface area (Å²) in [6, 6.07) is 5.55. The van der Waals surface area contributed by atoms with Gasteiger partial charge in [0.2, 0.25) is 0 Å². The molecule has 0 spiro atoms. The van der Waals surface area contributed by atoms with Crippen LogP contribution in [0.25, 0.3) is 0 Å². The maximum absolute atomic E-state index is 14.4. The lowest BCUT2D eigenvalue weighted by molar-refractivity contribution is -0.146. The molecule has 2 aromatic rings. The van der Waals surface area contributed by atoms with Crippen LogP contribution in [0.3, 0.4) is 0 Å². The van der Waals surface area contributed by atoms with E-state index in [2.05, 4.69) is 9.98 Å². The standard InChI is InChI=1S/C25H24F4N4O4/c1-32-19(12-33-13-25(28,29)10-18(33)23(34)36-2)20(24(35)37-3)21(14-4-6-15(26)7-5-14)31-22(32)17-9-8-16(27)11-30-17/h4-9,11,18,21H,10,12-13H2,1-3H3. The molecule has 196 valence electrons. The molecule has 1 saturated heterocycles. The monoisotopic (exact) mass is 520 g/mol. The normalized spacial score (nSPS) is 21.6. The van der Waals surface area contributed by atoms with Crippen molar-refractivity contribution < 1.29 is 36.6 Å². The fraction of sp³-hybridized carbons (Fsp3) is 0.360. The topological polar surface area (TPSA) is 84.3 Å². The molecule has 0 N–H and O–H groups in total. The maximum Gasteiger partial charge on any atom is 0.338 e. The Kier molecular flexibility index (Phi) is 7.30. The number of halogens is 4. The molecule has 2 unspecified atom stereocenters.